The Morgan fingerprint density at radius 2 is 1.17 bits per heavy atom. The van der Waals surface area contributed by atoms with Gasteiger partial charge in [0.05, 0.1) is 11.2 Å². The molecule has 0 unspecified atom stereocenters. The van der Waals surface area contributed by atoms with Crippen molar-refractivity contribution in [1.29, 1.82) is 0 Å². The van der Waals surface area contributed by atoms with Crippen molar-refractivity contribution in [3.63, 3.8) is 0 Å². The summed E-state index contributed by atoms with van der Waals surface area (Å²) in [5, 5.41) is 11.4. The number of hydrogen-bond donors (Lipinski definition) is 0. The predicted octanol–water partition coefficient (Wildman–Crippen LogP) is 11.9. The smallest absolute Gasteiger partial charge is 0.0616 e. The Hall–Kier alpha value is -5.99. The number of benzene rings is 7. The Bertz CT molecular complexity index is 2700. The minimum atomic E-state index is 1.00. The van der Waals surface area contributed by atoms with Crippen molar-refractivity contribution in [2.24, 2.45) is 0 Å². The van der Waals surface area contributed by atoms with Crippen molar-refractivity contribution < 1.29 is 0 Å². The van der Waals surface area contributed by atoms with Crippen LogP contribution in [0.3, 0.4) is 0 Å². The van der Waals surface area contributed by atoms with Gasteiger partial charge in [-0.25, -0.2) is 0 Å². The molecule has 0 fully saturated rings. The monoisotopic (exact) mass is 598 g/mol. The normalized spacial score (nSPS) is 12.9. The highest BCUT2D eigenvalue weighted by Crippen LogP contribution is 2.44. The van der Waals surface area contributed by atoms with E-state index in [9.17, 15) is 0 Å². The molecule has 2 heterocycles. The molecule has 47 heavy (non-hydrogen) atoms. The SMILES string of the molecule is C1=Cc2c(n(-c3cccc4ccncc34)c3c(-c4ccccc4-c4ccc5c6ccccc6c6ccccc6c5c4)cccc23)CC1. The van der Waals surface area contributed by atoms with E-state index >= 15 is 0 Å². The molecule has 7 aromatic carbocycles. The maximum Gasteiger partial charge on any atom is 0.0616 e. The Balaban J connectivity index is 1.27. The summed E-state index contributed by atoms with van der Waals surface area (Å²) in [6, 6.07) is 49.2. The molecule has 10 rings (SSSR count). The maximum absolute atomic E-state index is 4.55. The third-order valence-corrected chi connectivity index (χ3v) is 10.1. The number of fused-ring (bicyclic) bond motifs is 10. The molecule has 2 heteroatoms. The topological polar surface area (TPSA) is 17.8 Å². The average molecular weight is 599 g/mol. The van der Waals surface area contributed by atoms with Crippen molar-refractivity contribution >= 4 is 60.1 Å². The van der Waals surface area contributed by atoms with E-state index in [1.165, 1.54) is 93.2 Å². The van der Waals surface area contributed by atoms with Crippen LogP contribution < -0.4 is 0 Å². The van der Waals surface area contributed by atoms with Crippen molar-refractivity contribution in [2.45, 2.75) is 12.8 Å². The predicted molar refractivity (Wildman–Crippen MR) is 199 cm³/mol. The summed E-state index contributed by atoms with van der Waals surface area (Å²) < 4.78 is 2.53. The van der Waals surface area contributed by atoms with Gasteiger partial charge < -0.3 is 4.57 Å². The second-order valence-electron chi connectivity index (χ2n) is 12.6. The van der Waals surface area contributed by atoms with Gasteiger partial charge in [-0.2, -0.15) is 0 Å². The zero-order chi connectivity index (χ0) is 30.9. The van der Waals surface area contributed by atoms with Gasteiger partial charge in [-0.05, 0) is 85.4 Å². The summed E-state index contributed by atoms with van der Waals surface area (Å²) in [5.74, 6) is 0. The van der Waals surface area contributed by atoms with E-state index < -0.39 is 0 Å². The van der Waals surface area contributed by atoms with Crippen molar-refractivity contribution in [2.75, 3.05) is 0 Å². The zero-order valence-electron chi connectivity index (χ0n) is 25.8. The van der Waals surface area contributed by atoms with Crippen molar-refractivity contribution in [3.8, 4) is 27.9 Å². The molecule has 0 bridgehead atoms. The fourth-order valence-electron chi connectivity index (χ4n) is 8.09. The van der Waals surface area contributed by atoms with E-state index in [4.69, 9.17) is 0 Å². The molecule has 0 saturated carbocycles. The molecule has 0 radical (unpaired) electrons. The van der Waals surface area contributed by atoms with Gasteiger partial charge in [-0.3, -0.25) is 4.98 Å². The molecule has 9 aromatic rings. The summed E-state index contributed by atoms with van der Waals surface area (Å²) in [6.07, 6.45) is 10.6. The van der Waals surface area contributed by atoms with Crippen LogP contribution in [0.25, 0.3) is 88.0 Å². The Labute approximate surface area is 272 Å². The molecule has 220 valence electrons. The third kappa shape index (κ3) is 3.88. The van der Waals surface area contributed by atoms with E-state index in [0.717, 1.165) is 12.8 Å². The first-order chi connectivity index (χ1) is 23.3. The van der Waals surface area contributed by atoms with Gasteiger partial charge in [0.15, 0.2) is 0 Å². The number of aromatic nitrogens is 2. The lowest BCUT2D eigenvalue weighted by molar-refractivity contribution is 0.892. The standard InChI is InChI=1S/C45H30N2/c1-2-13-32(31(12-1)30-23-24-37-35-16-4-3-14-33(35)34-15-5-6-17-36(34)41(37)27-30)39-19-10-20-40-38-18-7-8-21-43(38)47(45(39)40)44-22-9-11-29-25-26-46-28-42(29)44/h1-7,9-20,22-28H,8,21H2. The Kier molecular flexibility index (Phi) is 5.73. The number of rotatable bonds is 3. The molecule has 0 N–H and O–H groups in total. The average Bonchev–Trinajstić information content (AvgIpc) is 3.49. The van der Waals surface area contributed by atoms with Gasteiger partial charge in [0.25, 0.3) is 0 Å². The van der Waals surface area contributed by atoms with Crippen LogP contribution in [0, 0.1) is 0 Å². The quantitative estimate of drug-likeness (QED) is 0.185. The lowest BCUT2D eigenvalue weighted by atomic mass is 9.89. The summed E-state index contributed by atoms with van der Waals surface area (Å²) >= 11 is 0. The highest BCUT2D eigenvalue weighted by molar-refractivity contribution is 6.26. The second-order valence-corrected chi connectivity index (χ2v) is 12.6. The lowest BCUT2D eigenvalue weighted by Crippen LogP contribution is -2.04. The summed E-state index contributed by atoms with van der Waals surface area (Å²) in [5.41, 5.74) is 10.1. The fraction of sp³-hybridized carbons (Fsp3) is 0.0444. The molecule has 0 atom stereocenters. The first-order valence-corrected chi connectivity index (χ1v) is 16.4. The van der Waals surface area contributed by atoms with E-state index in [0.29, 0.717) is 0 Å². The van der Waals surface area contributed by atoms with Crippen LogP contribution in [0.15, 0.2) is 152 Å². The summed E-state index contributed by atoms with van der Waals surface area (Å²) in [6.45, 7) is 0. The highest BCUT2D eigenvalue weighted by Gasteiger charge is 2.23. The van der Waals surface area contributed by atoms with E-state index in [2.05, 4.69) is 155 Å². The second kappa shape index (κ2) is 10.3. The first kappa shape index (κ1) is 26.2. The summed E-state index contributed by atoms with van der Waals surface area (Å²) in [4.78, 5) is 4.55. The molecule has 2 aromatic heterocycles. The van der Waals surface area contributed by atoms with Crippen LogP contribution in [-0.4, -0.2) is 9.55 Å². The molecule has 0 spiro atoms. The highest BCUT2D eigenvalue weighted by atomic mass is 15.0. The van der Waals surface area contributed by atoms with Gasteiger partial charge in [0.2, 0.25) is 0 Å². The number of hydrogen-bond acceptors (Lipinski definition) is 1. The van der Waals surface area contributed by atoms with Crippen molar-refractivity contribution in [1.82, 2.24) is 9.55 Å². The van der Waals surface area contributed by atoms with Gasteiger partial charge in [0.1, 0.15) is 0 Å². The van der Waals surface area contributed by atoms with Gasteiger partial charge in [-0.1, -0.05) is 127 Å². The van der Waals surface area contributed by atoms with Gasteiger partial charge >= 0.3 is 0 Å². The lowest BCUT2D eigenvalue weighted by Gasteiger charge is -2.18. The molecule has 0 saturated heterocycles. The van der Waals surface area contributed by atoms with Crippen molar-refractivity contribution in [3.05, 3.63) is 163 Å². The van der Waals surface area contributed by atoms with E-state index in [1.807, 2.05) is 12.4 Å². The van der Waals surface area contributed by atoms with Gasteiger partial charge in [-0.15, -0.1) is 0 Å². The van der Waals surface area contributed by atoms with E-state index in [-0.39, 0.29) is 0 Å². The minimum absolute atomic E-state index is 1.00. The van der Waals surface area contributed by atoms with Crippen LogP contribution in [0.5, 0.6) is 0 Å². The molecule has 1 aliphatic rings. The number of pyridine rings is 1. The largest absolute Gasteiger partial charge is 0.312 e. The van der Waals surface area contributed by atoms with Crippen LogP contribution in [0.2, 0.25) is 0 Å². The van der Waals surface area contributed by atoms with Crippen LogP contribution >= 0.6 is 0 Å². The minimum Gasteiger partial charge on any atom is -0.312 e. The van der Waals surface area contributed by atoms with Crippen LogP contribution in [-0.2, 0) is 6.42 Å². The van der Waals surface area contributed by atoms with Gasteiger partial charge in [0, 0.05) is 40.0 Å². The molecule has 1 aliphatic carbocycles. The maximum atomic E-state index is 4.55. The Morgan fingerprint density at radius 1 is 0.511 bits per heavy atom. The summed E-state index contributed by atoms with van der Waals surface area (Å²) in [7, 11) is 0. The Morgan fingerprint density at radius 3 is 1.98 bits per heavy atom. The fourth-order valence-corrected chi connectivity index (χ4v) is 8.09. The third-order valence-electron chi connectivity index (χ3n) is 10.1. The number of nitrogens with zero attached hydrogens (tertiary/aromatic N) is 2. The van der Waals surface area contributed by atoms with E-state index in [1.54, 1.807) is 0 Å². The zero-order valence-corrected chi connectivity index (χ0v) is 25.8. The molecule has 0 aliphatic heterocycles. The number of allylic oxidation sites excluding steroid dienone is 1. The first-order valence-electron chi connectivity index (χ1n) is 16.4. The van der Waals surface area contributed by atoms with Crippen LogP contribution in [0.1, 0.15) is 17.7 Å². The molecular weight excluding hydrogens is 569 g/mol. The molecule has 0 amide bonds. The molecular formula is C45H30N2. The number of para-hydroxylation sites is 1. The van der Waals surface area contributed by atoms with Crippen LogP contribution in [0.4, 0.5) is 0 Å². The molecule has 2 nitrogen and oxygen atoms in total.